The van der Waals surface area contributed by atoms with Gasteiger partial charge in [0, 0.05) is 23.0 Å². The van der Waals surface area contributed by atoms with Crippen LogP contribution in [-0.4, -0.2) is 57.1 Å². The molecule has 3 rings (SSSR count). The first-order valence-corrected chi connectivity index (χ1v) is 16.7. The van der Waals surface area contributed by atoms with Crippen molar-refractivity contribution >= 4 is 50.9 Å². The second-order valence-electron chi connectivity index (χ2n) is 10.1. The molecule has 3 aromatic rings. The molecule has 0 aliphatic carbocycles. The quantitative estimate of drug-likeness (QED) is 0.225. The number of ether oxygens (including phenoxy) is 1. The third-order valence-corrected chi connectivity index (χ3v) is 9.25. The zero-order valence-electron chi connectivity index (χ0n) is 24.5. The van der Waals surface area contributed by atoms with E-state index in [9.17, 15) is 18.0 Å². The van der Waals surface area contributed by atoms with Crippen LogP contribution in [0.15, 0.2) is 82.6 Å². The monoisotopic (exact) mass is 631 g/mol. The molecule has 0 spiro atoms. The fourth-order valence-electron chi connectivity index (χ4n) is 4.15. The summed E-state index contributed by atoms with van der Waals surface area (Å²) in [7, 11) is -4.22. The SMILES string of the molecule is CCOc1ccccc1N(CC(=O)N(Cc1ccc(Cl)cc1)C(C)C(=O)NCC(C)C)S(=O)(=O)c1ccc(SC)cc1. The molecule has 3 aromatic carbocycles. The molecule has 0 aliphatic heterocycles. The van der Waals surface area contributed by atoms with Crippen molar-refractivity contribution in [2.75, 3.05) is 30.3 Å². The van der Waals surface area contributed by atoms with Gasteiger partial charge in [-0.3, -0.25) is 13.9 Å². The predicted molar refractivity (Wildman–Crippen MR) is 170 cm³/mol. The standard InChI is InChI=1S/C31H38ClN3O5S2/c1-6-40-29-10-8-7-9-28(29)35(42(38,39)27-17-15-26(41-5)16-18-27)21-30(36)34(20-24-11-13-25(32)14-12-24)23(4)31(37)33-19-22(2)3/h7-18,22-23H,6,19-21H2,1-5H3,(H,33,37). The van der Waals surface area contributed by atoms with Crippen LogP contribution in [0.25, 0.3) is 0 Å². The van der Waals surface area contributed by atoms with Gasteiger partial charge in [0.15, 0.2) is 0 Å². The normalized spacial score (nSPS) is 12.1. The van der Waals surface area contributed by atoms with Crippen LogP contribution in [0.3, 0.4) is 0 Å². The third-order valence-electron chi connectivity index (χ3n) is 6.48. The first-order chi connectivity index (χ1) is 20.0. The van der Waals surface area contributed by atoms with Gasteiger partial charge < -0.3 is 15.0 Å². The van der Waals surface area contributed by atoms with Gasteiger partial charge in [-0.2, -0.15) is 0 Å². The second kappa shape index (κ2) is 15.3. The van der Waals surface area contributed by atoms with Crippen LogP contribution in [0.5, 0.6) is 5.75 Å². The van der Waals surface area contributed by atoms with Crippen molar-refractivity contribution in [3.05, 3.63) is 83.4 Å². The number of nitrogens with zero attached hydrogens (tertiary/aromatic N) is 2. The maximum absolute atomic E-state index is 14.1. The van der Waals surface area contributed by atoms with Crippen LogP contribution in [0, 0.1) is 5.92 Å². The van der Waals surface area contributed by atoms with Crippen molar-refractivity contribution in [2.45, 2.75) is 50.1 Å². The lowest BCUT2D eigenvalue weighted by Gasteiger charge is -2.32. The summed E-state index contributed by atoms with van der Waals surface area (Å²) in [5, 5.41) is 3.42. The summed E-state index contributed by atoms with van der Waals surface area (Å²) in [5.41, 5.74) is 0.970. The number of rotatable bonds is 14. The van der Waals surface area contributed by atoms with Crippen LogP contribution >= 0.6 is 23.4 Å². The molecule has 2 amide bonds. The summed E-state index contributed by atoms with van der Waals surface area (Å²) in [4.78, 5) is 29.6. The van der Waals surface area contributed by atoms with Crippen molar-refractivity contribution in [2.24, 2.45) is 5.92 Å². The minimum atomic E-state index is -4.22. The average molecular weight is 632 g/mol. The zero-order valence-corrected chi connectivity index (χ0v) is 26.9. The van der Waals surface area contributed by atoms with Gasteiger partial charge in [-0.1, -0.05) is 49.7 Å². The highest BCUT2D eigenvalue weighted by Crippen LogP contribution is 2.33. The van der Waals surface area contributed by atoms with Gasteiger partial charge in [-0.25, -0.2) is 8.42 Å². The van der Waals surface area contributed by atoms with E-state index < -0.39 is 28.5 Å². The van der Waals surface area contributed by atoms with E-state index in [1.165, 1.54) is 28.8 Å². The van der Waals surface area contributed by atoms with Gasteiger partial charge >= 0.3 is 0 Å². The number of nitrogens with one attached hydrogen (secondary N) is 1. The van der Waals surface area contributed by atoms with Crippen molar-refractivity contribution in [3.8, 4) is 5.75 Å². The Morgan fingerprint density at radius 3 is 2.21 bits per heavy atom. The first kappa shape index (κ1) is 33.3. The van der Waals surface area contributed by atoms with Gasteiger partial charge in [-0.15, -0.1) is 11.8 Å². The number of carbonyl (C=O) groups is 2. The lowest BCUT2D eigenvalue weighted by atomic mass is 10.1. The molecule has 1 atom stereocenters. The fraction of sp³-hybridized carbons (Fsp3) is 0.355. The molecule has 0 bridgehead atoms. The van der Waals surface area contributed by atoms with Crippen LogP contribution in [-0.2, 0) is 26.2 Å². The van der Waals surface area contributed by atoms with E-state index in [0.29, 0.717) is 23.9 Å². The number of hydrogen-bond acceptors (Lipinski definition) is 6. The summed E-state index contributed by atoms with van der Waals surface area (Å²) < 4.78 is 35.1. The molecule has 8 nitrogen and oxygen atoms in total. The molecule has 11 heteroatoms. The molecule has 0 saturated carbocycles. The Labute approximate surface area is 258 Å². The molecule has 0 fully saturated rings. The zero-order chi connectivity index (χ0) is 30.9. The first-order valence-electron chi connectivity index (χ1n) is 13.7. The Hall–Kier alpha value is -3.21. The number of carbonyl (C=O) groups excluding carboxylic acids is 2. The minimum absolute atomic E-state index is 0.0337. The van der Waals surface area contributed by atoms with Crippen molar-refractivity contribution in [1.29, 1.82) is 0 Å². The number of amides is 2. The number of halogens is 1. The number of thioether (sulfide) groups is 1. The summed E-state index contributed by atoms with van der Waals surface area (Å²) >= 11 is 7.56. The smallest absolute Gasteiger partial charge is 0.264 e. The number of sulfonamides is 1. The fourth-order valence-corrected chi connectivity index (χ4v) is 6.11. The molecular weight excluding hydrogens is 594 g/mol. The van der Waals surface area contributed by atoms with E-state index in [-0.39, 0.29) is 29.0 Å². The maximum atomic E-state index is 14.1. The summed E-state index contributed by atoms with van der Waals surface area (Å²) in [6.45, 7) is 7.67. The molecule has 42 heavy (non-hydrogen) atoms. The van der Waals surface area contributed by atoms with Crippen molar-refractivity contribution in [1.82, 2.24) is 10.2 Å². The van der Waals surface area contributed by atoms with E-state index in [2.05, 4.69) is 5.32 Å². The highest BCUT2D eigenvalue weighted by atomic mass is 35.5. The number of benzene rings is 3. The molecule has 226 valence electrons. The topological polar surface area (TPSA) is 96.0 Å². The van der Waals surface area contributed by atoms with Crippen LogP contribution in [0.2, 0.25) is 5.02 Å². The summed E-state index contributed by atoms with van der Waals surface area (Å²) in [6, 6.07) is 19.3. The van der Waals surface area contributed by atoms with Gasteiger partial charge in [0.05, 0.1) is 17.2 Å². The Kier molecular flexibility index (Phi) is 12.1. The number of para-hydroxylation sites is 2. The molecular formula is C31H38ClN3O5S2. The van der Waals surface area contributed by atoms with Gasteiger partial charge in [0.1, 0.15) is 18.3 Å². The third kappa shape index (κ3) is 8.65. The lowest BCUT2D eigenvalue weighted by Crippen LogP contribution is -2.51. The van der Waals surface area contributed by atoms with E-state index in [1.54, 1.807) is 74.5 Å². The molecule has 0 radical (unpaired) electrons. The highest BCUT2D eigenvalue weighted by Gasteiger charge is 2.33. The van der Waals surface area contributed by atoms with E-state index >= 15 is 0 Å². The second-order valence-corrected chi connectivity index (χ2v) is 13.2. The summed E-state index contributed by atoms with van der Waals surface area (Å²) in [6.07, 6.45) is 1.90. The highest BCUT2D eigenvalue weighted by molar-refractivity contribution is 7.98. The van der Waals surface area contributed by atoms with Gasteiger partial charge in [0.2, 0.25) is 11.8 Å². The Balaban J connectivity index is 2.06. The van der Waals surface area contributed by atoms with E-state index in [1.807, 2.05) is 20.1 Å². The lowest BCUT2D eigenvalue weighted by molar-refractivity contribution is -0.139. The molecule has 0 aromatic heterocycles. The van der Waals surface area contributed by atoms with Crippen molar-refractivity contribution in [3.63, 3.8) is 0 Å². The largest absolute Gasteiger partial charge is 0.492 e. The van der Waals surface area contributed by atoms with Crippen LogP contribution in [0.1, 0.15) is 33.3 Å². The maximum Gasteiger partial charge on any atom is 0.264 e. The van der Waals surface area contributed by atoms with Gasteiger partial charge in [-0.05, 0) is 80.1 Å². The molecule has 1 N–H and O–H groups in total. The van der Waals surface area contributed by atoms with E-state index in [4.69, 9.17) is 16.3 Å². The van der Waals surface area contributed by atoms with Crippen LogP contribution < -0.4 is 14.4 Å². The van der Waals surface area contributed by atoms with E-state index in [0.717, 1.165) is 14.8 Å². The molecule has 0 saturated heterocycles. The van der Waals surface area contributed by atoms with Gasteiger partial charge in [0.25, 0.3) is 10.0 Å². The van der Waals surface area contributed by atoms with Crippen LogP contribution in [0.4, 0.5) is 5.69 Å². The Morgan fingerprint density at radius 2 is 1.62 bits per heavy atom. The minimum Gasteiger partial charge on any atom is -0.492 e. The average Bonchev–Trinajstić information content (AvgIpc) is 2.98. The predicted octanol–water partition coefficient (Wildman–Crippen LogP) is 5.85. The Bertz CT molecular complexity index is 1450. The number of hydrogen-bond donors (Lipinski definition) is 1. The summed E-state index contributed by atoms with van der Waals surface area (Å²) in [5.74, 6) is -0.339. The Morgan fingerprint density at radius 1 is 0.976 bits per heavy atom. The molecule has 1 unspecified atom stereocenters. The molecule has 0 heterocycles. The molecule has 0 aliphatic rings. The number of anilines is 1. The van der Waals surface area contributed by atoms with Crippen molar-refractivity contribution < 1.29 is 22.7 Å².